The highest BCUT2D eigenvalue weighted by atomic mass is 32.2. The van der Waals surface area contributed by atoms with Crippen LogP contribution in [0.5, 0.6) is 11.5 Å². The van der Waals surface area contributed by atoms with Crippen molar-refractivity contribution in [2.45, 2.75) is 44.9 Å². The molecular weight excluding hydrogens is 426 g/mol. The van der Waals surface area contributed by atoms with E-state index in [-0.39, 0.29) is 0 Å². The van der Waals surface area contributed by atoms with Gasteiger partial charge in [-0.1, -0.05) is 18.2 Å². The topological polar surface area (TPSA) is 76.1 Å². The summed E-state index contributed by atoms with van der Waals surface area (Å²) < 4.78 is 37.2. The van der Waals surface area contributed by atoms with Gasteiger partial charge in [-0.15, -0.1) is 0 Å². The molecule has 2 aliphatic rings. The predicted octanol–water partition coefficient (Wildman–Crippen LogP) is 4.04. The molecule has 1 aliphatic carbocycles. The van der Waals surface area contributed by atoms with Crippen LogP contribution in [-0.2, 0) is 29.4 Å². The number of aryl methyl sites for hydroxylation is 1. The van der Waals surface area contributed by atoms with Gasteiger partial charge in [0.05, 0.1) is 20.0 Å². The molecule has 0 radical (unpaired) electrons. The van der Waals surface area contributed by atoms with Crippen LogP contribution >= 0.6 is 0 Å². The molecule has 0 saturated carbocycles. The molecule has 0 unspecified atom stereocenters. The van der Waals surface area contributed by atoms with Gasteiger partial charge in [0.1, 0.15) is 11.5 Å². The van der Waals surface area contributed by atoms with Gasteiger partial charge in [-0.2, -0.15) is 8.42 Å². The van der Waals surface area contributed by atoms with E-state index in [4.69, 9.17) is 14.0 Å². The molecule has 2 aromatic rings. The largest absolute Gasteiger partial charge is 0.496 e. The van der Waals surface area contributed by atoms with Crippen LogP contribution in [0.15, 0.2) is 30.3 Å². The molecule has 176 valence electrons. The minimum Gasteiger partial charge on any atom is -0.496 e. The summed E-state index contributed by atoms with van der Waals surface area (Å²) in [6, 6.07) is 11.1. The van der Waals surface area contributed by atoms with Gasteiger partial charge in [0.25, 0.3) is 10.1 Å². The molecule has 32 heavy (non-hydrogen) atoms. The Morgan fingerprint density at radius 1 is 1.25 bits per heavy atom. The number of fused-ring (bicyclic) bond motifs is 2. The maximum atomic E-state index is 9.19. The van der Waals surface area contributed by atoms with E-state index >= 15 is 0 Å². The summed E-state index contributed by atoms with van der Waals surface area (Å²) >= 11 is 0. The van der Waals surface area contributed by atoms with E-state index in [0.717, 1.165) is 50.5 Å². The van der Waals surface area contributed by atoms with Gasteiger partial charge in [-0.3, -0.25) is 4.55 Å². The van der Waals surface area contributed by atoms with Gasteiger partial charge in [0, 0.05) is 19.5 Å². The minimum absolute atomic E-state index is 0.614. The Bertz CT molecular complexity index is 1030. The van der Waals surface area contributed by atoms with E-state index in [1.54, 1.807) is 7.11 Å². The maximum Gasteiger partial charge on any atom is 0.261 e. The second-order valence-electron chi connectivity index (χ2n) is 8.85. The molecule has 0 aromatic heterocycles. The number of benzene rings is 2. The lowest BCUT2D eigenvalue weighted by molar-refractivity contribution is 0.299. The van der Waals surface area contributed by atoms with E-state index in [0.29, 0.717) is 12.2 Å². The Hall–Kier alpha value is -2.09. The quantitative estimate of drug-likeness (QED) is 0.655. The highest BCUT2D eigenvalue weighted by Crippen LogP contribution is 2.37. The summed E-state index contributed by atoms with van der Waals surface area (Å²) in [5.74, 6) is 2.77. The van der Waals surface area contributed by atoms with Crippen molar-refractivity contribution in [3.05, 3.63) is 58.1 Å². The van der Waals surface area contributed by atoms with Crippen LogP contribution in [0.3, 0.4) is 0 Å². The number of hydrogen-bond acceptors (Lipinski definition) is 5. The number of ether oxygens (including phenoxy) is 2. The smallest absolute Gasteiger partial charge is 0.261 e. The third-order valence-electron chi connectivity index (χ3n) is 6.25. The van der Waals surface area contributed by atoms with Crippen LogP contribution in [0.2, 0.25) is 0 Å². The standard InChI is InChI=1S/C24H31NO2.CH4O3S/c1-17-14-24-19(11-13-27-24)15-18(17)10-12-25(2)16-20-6-4-8-22-21(20)7-5-9-23(22)26-3;1-5(2,3)4/h5,7,9,14-15,20H,4,6,8,10-13,16H2,1-3H3;1H3,(H,2,3,4)/t20-;/m0./s1. The van der Waals surface area contributed by atoms with Crippen molar-refractivity contribution in [3.8, 4) is 11.5 Å². The maximum absolute atomic E-state index is 9.19. The predicted molar refractivity (Wildman–Crippen MR) is 128 cm³/mol. The van der Waals surface area contributed by atoms with Gasteiger partial charge in [-0.25, -0.2) is 0 Å². The van der Waals surface area contributed by atoms with E-state index < -0.39 is 10.1 Å². The Labute approximate surface area is 192 Å². The lowest BCUT2D eigenvalue weighted by atomic mass is 9.82. The zero-order valence-electron chi connectivity index (χ0n) is 19.6. The second kappa shape index (κ2) is 10.7. The highest BCUT2D eigenvalue weighted by molar-refractivity contribution is 7.85. The highest BCUT2D eigenvalue weighted by Gasteiger charge is 2.24. The van der Waals surface area contributed by atoms with E-state index in [2.05, 4.69) is 49.2 Å². The number of nitrogens with zero attached hydrogens (tertiary/aromatic N) is 1. The van der Waals surface area contributed by atoms with Crippen LogP contribution in [0.1, 0.15) is 46.6 Å². The Balaban J connectivity index is 0.000000523. The van der Waals surface area contributed by atoms with E-state index in [9.17, 15) is 8.42 Å². The van der Waals surface area contributed by atoms with Crippen LogP contribution < -0.4 is 9.47 Å². The van der Waals surface area contributed by atoms with E-state index in [1.807, 2.05) is 0 Å². The summed E-state index contributed by atoms with van der Waals surface area (Å²) in [4.78, 5) is 2.50. The molecule has 0 bridgehead atoms. The summed E-state index contributed by atoms with van der Waals surface area (Å²) in [7, 11) is 0.385. The Morgan fingerprint density at radius 2 is 2.00 bits per heavy atom. The third kappa shape index (κ3) is 6.70. The van der Waals surface area contributed by atoms with Crippen molar-refractivity contribution >= 4 is 10.1 Å². The van der Waals surface area contributed by atoms with Crippen molar-refractivity contribution in [2.75, 3.05) is 40.1 Å². The van der Waals surface area contributed by atoms with Crippen molar-refractivity contribution in [3.63, 3.8) is 0 Å². The first-order valence-corrected chi connectivity index (χ1v) is 13.0. The van der Waals surface area contributed by atoms with Gasteiger partial charge < -0.3 is 14.4 Å². The average Bonchev–Trinajstić information content (AvgIpc) is 3.17. The molecule has 1 heterocycles. The zero-order chi connectivity index (χ0) is 23.3. The Kier molecular flexibility index (Phi) is 8.20. The Morgan fingerprint density at radius 3 is 2.72 bits per heavy atom. The molecule has 7 heteroatoms. The molecule has 6 nitrogen and oxygen atoms in total. The van der Waals surface area contributed by atoms with E-state index in [1.165, 1.54) is 40.7 Å². The molecule has 4 rings (SSSR count). The summed E-state index contributed by atoms with van der Waals surface area (Å²) in [5, 5.41) is 0. The fourth-order valence-corrected chi connectivity index (χ4v) is 4.72. The number of rotatable bonds is 6. The van der Waals surface area contributed by atoms with Gasteiger partial charge >= 0.3 is 0 Å². The van der Waals surface area contributed by atoms with Crippen LogP contribution in [0, 0.1) is 6.92 Å². The molecule has 0 spiro atoms. The van der Waals surface area contributed by atoms with Crippen molar-refractivity contribution < 1.29 is 22.4 Å². The number of likely N-dealkylation sites (N-methyl/N-ethyl adjacent to an activating group) is 1. The van der Waals surface area contributed by atoms with Crippen molar-refractivity contribution in [1.82, 2.24) is 4.90 Å². The van der Waals surface area contributed by atoms with Crippen LogP contribution in [-0.4, -0.2) is 58.0 Å². The van der Waals surface area contributed by atoms with Gasteiger partial charge in [0.2, 0.25) is 0 Å². The first-order chi connectivity index (χ1) is 15.2. The molecule has 1 atom stereocenters. The normalized spacial score (nSPS) is 17.1. The summed E-state index contributed by atoms with van der Waals surface area (Å²) in [6.45, 7) is 5.26. The number of hydrogen-bond donors (Lipinski definition) is 1. The van der Waals surface area contributed by atoms with Gasteiger partial charge in [-0.05, 0) is 85.5 Å². The molecule has 1 N–H and O–H groups in total. The monoisotopic (exact) mass is 461 g/mol. The molecule has 2 aromatic carbocycles. The van der Waals surface area contributed by atoms with Crippen LogP contribution in [0.4, 0.5) is 0 Å². The van der Waals surface area contributed by atoms with Crippen molar-refractivity contribution in [1.29, 1.82) is 0 Å². The SMILES string of the molecule is COc1cccc2c1CCC[C@H]2CN(C)CCc1cc2c(cc1C)OCC2.CS(=O)(=O)O. The number of methoxy groups -OCH3 is 1. The second-order valence-corrected chi connectivity index (χ2v) is 10.3. The molecule has 1 aliphatic heterocycles. The van der Waals surface area contributed by atoms with Crippen molar-refractivity contribution in [2.24, 2.45) is 0 Å². The molecule has 0 amide bonds. The lowest BCUT2D eigenvalue weighted by Crippen LogP contribution is -2.28. The summed E-state index contributed by atoms with van der Waals surface area (Å²) in [6.07, 6.45) is 6.56. The molecule has 0 fully saturated rings. The fourth-order valence-electron chi connectivity index (χ4n) is 4.72. The molecule has 0 saturated heterocycles. The van der Waals surface area contributed by atoms with Crippen LogP contribution in [0.25, 0.3) is 0 Å². The van der Waals surface area contributed by atoms with Gasteiger partial charge in [0.15, 0.2) is 0 Å². The fraction of sp³-hybridized carbons (Fsp3) is 0.520. The third-order valence-corrected chi connectivity index (χ3v) is 6.25. The average molecular weight is 462 g/mol. The first kappa shape index (κ1) is 24.6. The zero-order valence-corrected chi connectivity index (χ0v) is 20.4. The summed E-state index contributed by atoms with van der Waals surface area (Å²) in [5.41, 5.74) is 7.14. The lowest BCUT2D eigenvalue weighted by Gasteiger charge is -2.30. The molecular formula is C25H35NO5S. The minimum atomic E-state index is -3.67. The first-order valence-electron chi connectivity index (χ1n) is 11.2.